The van der Waals surface area contributed by atoms with Crippen molar-refractivity contribution < 1.29 is 0 Å². The van der Waals surface area contributed by atoms with Gasteiger partial charge in [-0.1, -0.05) is 11.6 Å². The second kappa shape index (κ2) is 7.93. The Morgan fingerprint density at radius 1 is 1.15 bits per heavy atom. The Balaban J connectivity index is 1.49. The SMILES string of the molecule is Clc1cc(CNC2=CNCC=C2N2CCCNCC2)cc2nccnc12. The molecule has 2 aliphatic heterocycles. The summed E-state index contributed by atoms with van der Waals surface area (Å²) in [5, 5.41) is 11.0. The van der Waals surface area contributed by atoms with Crippen LogP contribution >= 0.6 is 11.6 Å². The summed E-state index contributed by atoms with van der Waals surface area (Å²) in [4.78, 5) is 11.1. The molecular weight excluding hydrogens is 348 g/mol. The lowest BCUT2D eigenvalue weighted by molar-refractivity contribution is 0.365. The molecule has 7 heteroatoms. The van der Waals surface area contributed by atoms with Gasteiger partial charge >= 0.3 is 0 Å². The van der Waals surface area contributed by atoms with Crippen LogP contribution in [-0.4, -0.2) is 47.6 Å². The lowest BCUT2D eigenvalue weighted by Crippen LogP contribution is -2.34. The van der Waals surface area contributed by atoms with E-state index >= 15 is 0 Å². The molecule has 2 aliphatic rings. The number of halogens is 1. The fourth-order valence-electron chi connectivity index (χ4n) is 3.41. The Hall–Kier alpha value is -2.31. The summed E-state index contributed by atoms with van der Waals surface area (Å²) in [6.45, 7) is 5.77. The van der Waals surface area contributed by atoms with Crippen molar-refractivity contribution in [2.45, 2.75) is 13.0 Å². The van der Waals surface area contributed by atoms with E-state index in [-0.39, 0.29) is 0 Å². The lowest BCUT2D eigenvalue weighted by atomic mass is 10.1. The largest absolute Gasteiger partial charge is 0.386 e. The van der Waals surface area contributed by atoms with Crippen molar-refractivity contribution in [1.29, 1.82) is 0 Å². The fraction of sp³-hybridized carbons (Fsp3) is 0.368. The topological polar surface area (TPSA) is 65.1 Å². The molecule has 0 unspecified atom stereocenters. The third-order valence-corrected chi connectivity index (χ3v) is 4.97. The minimum absolute atomic E-state index is 0.637. The van der Waals surface area contributed by atoms with Crippen LogP contribution < -0.4 is 16.0 Å². The van der Waals surface area contributed by atoms with Crippen molar-refractivity contribution in [2.75, 3.05) is 32.7 Å². The monoisotopic (exact) mass is 370 g/mol. The van der Waals surface area contributed by atoms with Gasteiger partial charge in [-0.15, -0.1) is 0 Å². The van der Waals surface area contributed by atoms with E-state index < -0.39 is 0 Å². The van der Waals surface area contributed by atoms with E-state index in [1.54, 1.807) is 12.4 Å². The maximum Gasteiger partial charge on any atom is 0.107 e. The van der Waals surface area contributed by atoms with Crippen molar-refractivity contribution >= 4 is 22.6 Å². The van der Waals surface area contributed by atoms with Crippen LogP contribution in [0.2, 0.25) is 5.02 Å². The van der Waals surface area contributed by atoms with Gasteiger partial charge in [0.2, 0.25) is 0 Å². The van der Waals surface area contributed by atoms with Crippen LogP contribution in [0, 0.1) is 0 Å². The van der Waals surface area contributed by atoms with E-state index in [0.29, 0.717) is 11.6 Å². The number of hydrogen-bond donors (Lipinski definition) is 3. The number of fused-ring (bicyclic) bond motifs is 1. The third kappa shape index (κ3) is 3.76. The van der Waals surface area contributed by atoms with Crippen molar-refractivity contribution in [2.24, 2.45) is 0 Å². The van der Waals surface area contributed by atoms with Crippen molar-refractivity contribution in [3.63, 3.8) is 0 Å². The van der Waals surface area contributed by atoms with Gasteiger partial charge < -0.3 is 20.9 Å². The maximum absolute atomic E-state index is 6.37. The van der Waals surface area contributed by atoms with Gasteiger partial charge in [0.05, 0.1) is 21.9 Å². The molecule has 136 valence electrons. The molecule has 1 fully saturated rings. The molecular formula is C19H23ClN6. The van der Waals surface area contributed by atoms with E-state index in [1.807, 2.05) is 12.1 Å². The molecule has 1 saturated heterocycles. The van der Waals surface area contributed by atoms with Gasteiger partial charge in [-0.25, -0.2) is 0 Å². The highest BCUT2D eigenvalue weighted by Crippen LogP contribution is 2.23. The smallest absolute Gasteiger partial charge is 0.107 e. The minimum atomic E-state index is 0.637. The number of nitrogens with zero attached hydrogens (tertiary/aromatic N) is 3. The van der Waals surface area contributed by atoms with E-state index in [9.17, 15) is 0 Å². The number of rotatable bonds is 4. The number of aromatic nitrogens is 2. The van der Waals surface area contributed by atoms with Crippen molar-refractivity contribution in [1.82, 2.24) is 30.8 Å². The quantitative estimate of drug-likeness (QED) is 0.765. The van der Waals surface area contributed by atoms with E-state index in [1.165, 1.54) is 5.70 Å². The lowest BCUT2D eigenvalue weighted by Gasteiger charge is -2.30. The molecule has 3 heterocycles. The van der Waals surface area contributed by atoms with Crippen molar-refractivity contribution in [3.8, 4) is 0 Å². The van der Waals surface area contributed by atoms with Crippen LogP contribution in [0.5, 0.6) is 0 Å². The summed E-state index contributed by atoms with van der Waals surface area (Å²) < 4.78 is 0. The number of hydrogen-bond acceptors (Lipinski definition) is 6. The number of nitrogens with one attached hydrogen (secondary N) is 3. The second-order valence-electron chi connectivity index (χ2n) is 6.50. The zero-order valence-electron chi connectivity index (χ0n) is 14.6. The predicted octanol–water partition coefficient (Wildman–Crippen LogP) is 2.00. The van der Waals surface area contributed by atoms with Gasteiger partial charge in [0.25, 0.3) is 0 Å². The highest BCUT2D eigenvalue weighted by Gasteiger charge is 2.17. The molecule has 1 aromatic carbocycles. The van der Waals surface area contributed by atoms with Crippen molar-refractivity contribution in [3.05, 3.63) is 58.8 Å². The number of dihydropyridines is 1. The van der Waals surface area contributed by atoms with Crippen LogP contribution in [0.3, 0.4) is 0 Å². The van der Waals surface area contributed by atoms with Gasteiger partial charge in [0, 0.05) is 51.3 Å². The molecule has 6 nitrogen and oxygen atoms in total. The number of benzene rings is 1. The molecule has 3 N–H and O–H groups in total. The molecule has 0 bridgehead atoms. The molecule has 0 atom stereocenters. The minimum Gasteiger partial charge on any atom is -0.386 e. The summed E-state index contributed by atoms with van der Waals surface area (Å²) in [7, 11) is 0. The molecule has 2 aromatic rings. The predicted molar refractivity (Wildman–Crippen MR) is 105 cm³/mol. The van der Waals surface area contributed by atoms with E-state index in [0.717, 1.165) is 61.4 Å². The highest BCUT2D eigenvalue weighted by atomic mass is 35.5. The van der Waals surface area contributed by atoms with Gasteiger partial charge in [0.15, 0.2) is 0 Å². The molecule has 1 aromatic heterocycles. The Morgan fingerprint density at radius 3 is 3.04 bits per heavy atom. The Morgan fingerprint density at radius 2 is 2.08 bits per heavy atom. The zero-order chi connectivity index (χ0) is 17.8. The standard InChI is InChI=1S/C19H23ClN6/c20-15-10-14(11-16-19(15)24-6-5-23-16)12-25-17-13-22-4-2-18(17)26-8-1-3-21-7-9-26/h2,5-6,10-11,13,21-22,25H,1,3-4,7-9,12H2. The molecule has 0 amide bonds. The van der Waals surface area contributed by atoms with Crippen LogP contribution in [0.25, 0.3) is 11.0 Å². The summed E-state index contributed by atoms with van der Waals surface area (Å²) in [6.07, 6.45) is 8.84. The van der Waals surface area contributed by atoms with Crippen LogP contribution in [-0.2, 0) is 6.54 Å². The average Bonchev–Trinajstić information content (AvgIpc) is 2.96. The molecule has 0 aliphatic carbocycles. The third-order valence-electron chi connectivity index (χ3n) is 4.69. The summed E-state index contributed by atoms with van der Waals surface area (Å²) in [5.41, 5.74) is 5.05. The molecule has 0 radical (unpaired) electrons. The average molecular weight is 371 g/mol. The van der Waals surface area contributed by atoms with E-state index in [4.69, 9.17) is 11.6 Å². The first-order chi connectivity index (χ1) is 12.8. The van der Waals surface area contributed by atoms with E-state index in [2.05, 4.69) is 43.1 Å². The maximum atomic E-state index is 6.37. The second-order valence-corrected chi connectivity index (χ2v) is 6.91. The first-order valence-corrected chi connectivity index (χ1v) is 9.42. The molecule has 4 rings (SSSR count). The van der Waals surface area contributed by atoms with Gasteiger partial charge in [-0.3, -0.25) is 9.97 Å². The van der Waals surface area contributed by atoms with Crippen LogP contribution in [0.15, 0.2) is 48.2 Å². The normalized spacial score (nSPS) is 18.0. The molecule has 0 saturated carbocycles. The van der Waals surface area contributed by atoms with Gasteiger partial charge in [0.1, 0.15) is 5.52 Å². The van der Waals surface area contributed by atoms with Gasteiger partial charge in [-0.05, 0) is 36.7 Å². The fourth-order valence-corrected chi connectivity index (χ4v) is 3.70. The molecule has 0 spiro atoms. The molecule has 26 heavy (non-hydrogen) atoms. The summed E-state index contributed by atoms with van der Waals surface area (Å²) in [6, 6.07) is 4.00. The Kier molecular flexibility index (Phi) is 5.22. The Bertz CT molecular complexity index is 839. The zero-order valence-corrected chi connectivity index (χ0v) is 15.4. The highest BCUT2D eigenvalue weighted by molar-refractivity contribution is 6.34. The van der Waals surface area contributed by atoms with Gasteiger partial charge in [-0.2, -0.15) is 0 Å². The first-order valence-electron chi connectivity index (χ1n) is 9.04. The Labute approximate surface area is 158 Å². The van der Waals surface area contributed by atoms with Crippen LogP contribution in [0.4, 0.5) is 0 Å². The summed E-state index contributed by atoms with van der Waals surface area (Å²) in [5.74, 6) is 0. The summed E-state index contributed by atoms with van der Waals surface area (Å²) >= 11 is 6.37. The van der Waals surface area contributed by atoms with Crippen LogP contribution in [0.1, 0.15) is 12.0 Å². The first kappa shape index (κ1) is 17.1.